The zero-order valence-corrected chi connectivity index (χ0v) is 21.7. The highest BCUT2D eigenvalue weighted by Crippen LogP contribution is 2.40. The SMILES string of the molecule is CC(=O)NCCOC(c1cccc(F)c1-c1cccc(C)c1)C1CCCN(C(=O)C2CC(N)C(O)C2)C1. The van der Waals surface area contributed by atoms with Gasteiger partial charge in [0.05, 0.1) is 18.8 Å². The fourth-order valence-corrected chi connectivity index (χ4v) is 5.74. The first kappa shape index (κ1) is 27.2. The number of ether oxygens (including phenoxy) is 1. The molecule has 0 bridgehead atoms. The number of hydrogen-bond donors (Lipinski definition) is 3. The first-order chi connectivity index (χ1) is 17.7. The number of rotatable bonds is 8. The van der Waals surface area contributed by atoms with Gasteiger partial charge in [-0.05, 0) is 49.8 Å². The molecular formula is C29H38FN3O4. The third kappa shape index (κ3) is 6.55. The maximum Gasteiger partial charge on any atom is 0.225 e. The van der Waals surface area contributed by atoms with Crippen molar-refractivity contribution in [3.63, 3.8) is 0 Å². The summed E-state index contributed by atoms with van der Waals surface area (Å²) in [6.45, 7) is 5.16. The topological polar surface area (TPSA) is 105 Å². The Labute approximate surface area is 218 Å². The smallest absolute Gasteiger partial charge is 0.225 e. The van der Waals surface area contributed by atoms with E-state index in [-0.39, 0.29) is 42.1 Å². The number of amides is 2. The molecule has 2 fully saturated rings. The summed E-state index contributed by atoms with van der Waals surface area (Å²) >= 11 is 0. The second-order valence-corrected chi connectivity index (χ2v) is 10.4. The van der Waals surface area contributed by atoms with Gasteiger partial charge < -0.3 is 25.8 Å². The maximum atomic E-state index is 15.4. The highest BCUT2D eigenvalue weighted by molar-refractivity contribution is 5.79. The minimum absolute atomic E-state index is 0.0202. The Bertz CT molecular complexity index is 1100. The van der Waals surface area contributed by atoms with Crippen molar-refractivity contribution in [3.05, 3.63) is 59.4 Å². The molecule has 37 heavy (non-hydrogen) atoms. The molecule has 1 heterocycles. The summed E-state index contributed by atoms with van der Waals surface area (Å²) in [6.07, 6.45) is 1.39. The van der Waals surface area contributed by atoms with Crippen LogP contribution in [0.2, 0.25) is 0 Å². The predicted molar refractivity (Wildman–Crippen MR) is 140 cm³/mol. The van der Waals surface area contributed by atoms with Gasteiger partial charge in [0.25, 0.3) is 0 Å². The number of carbonyl (C=O) groups is 2. The summed E-state index contributed by atoms with van der Waals surface area (Å²) in [5.74, 6) is -0.777. The molecule has 8 heteroatoms. The average Bonchev–Trinajstić information content (AvgIpc) is 3.21. The number of benzene rings is 2. The van der Waals surface area contributed by atoms with Crippen LogP contribution >= 0.6 is 0 Å². The summed E-state index contributed by atoms with van der Waals surface area (Å²) in [7, 11) is 0. The molecule has 0 aromatic heterocycles. The molecule has 1 aliphatic heterocycles. The number of halogens is 1. The highest BCUT2D eigenvalue weighted by Gasteiger charge is 2.39. The van der Waals surface area contributed by atoms with Gasteiger partial charge >= 0.3 is 0 Å². The van der Waals surface area contributed by atoms with E-state index < -0.39 is 12.2 Å². The van der Waals surface area contributed by atoms with E-state index in [0.29, 0.717) is 38.0 Å². The number of piperidine rings is 1. The molecule has 7 nitrogen and oxygen atoms in total. The van der Waals surface area contributed by atoms with Crippen LogP contribution in [0, 0.1) is 24.6 Å². The van der Waals surface area contributed by atoms with Crippen LogP contribution in [0.25, 0.3) is 11.1 Å². The van der Waals surface area contributed by atoms with E-state index >= 15 is 4.39 Å². The van der Waals surface area contributed by atoms with E-state index in [2.05, 4.69) is 5.32 Å². The molecule has 0 spiro atoms. The molecule has 5 atom stereocenters. The van der Waals surface area contributed by atoms with Crippen LogP contribution in [0.3, 0.4) is 0 Å². The Kier molecular flexibility index (Phi) is 8.95. The number of nitrogens with one attached hydrogen (secondary N) is 1. The number of likely N-dealkylation sites (tertiary alicyclic amines) is 1. The maximum absolute atomic E-state index is 15.4. The van der Waals surface area contributed by atoms with Crippen LogP contribution in [-0.2, 0) is 14.3 Å². The first-order valence-electron chi connectivity index (χ1n) is 13.2. The first-order valence-corrected chi connectivity index (χ1v) is 13.2. The number of aliphatic hydroxyl groups excluding tert-OH is 1. The molecular weight excluding hydrogens is 473 g/mol. The third-order valence-corrected chi connectivity index (χ3v) is 7.56. The fourth-order valence-electron chi connectivity index (χ4n) is 5.74. The molecule has 4 rings (SSSR count). The molecule has 2 amide bonds. The number of aliphatic hydroxyl groups is 1. The van der Waals surface area contributed by atoms with Gasteiger partial charge in [-0.2, -0.15) is 0 Å². The molecule has 200 valence electrons. The van der Waals surface area contributed by atoms with Crippen molar-refractivity contribution in [2.45, 2.75) is 57.8 Å². The molecule has 2 aromatic rings. The van der Waals surface area contributed by atoms with Crippen LogP contribution in [-0.4, -0.2) is 60.2 Å². The van der Waals surface area contributed by atoms with Crippen LogP contribution < -0.4 is 11.1 Å². The molecule has 1 aliphatic carbocycles. The third-order valence-electron chi connectivity index (χ3n) is 7.56. The lowest BCUT2D eigenvalue weighted by Gasteiger charge is -2.38. The molecule has 1 saturated heterocycles. The monoisotopic (exact) mass is 511 g/mol. The molecule has 2 aliphatic rings. The van der Waals surface area contributed by atoms with Crippen molar-refractivity contribution >= 4 is 11.8 Å². The minimum Gasteiger partial charge on any atom is -0.391 e. The average molecular weight is 512 g/mol. The molecule has 1 saturated carbocycles. The lowest BCUT2D eigenvalue weighted by Crippen LogP contribution is -2.44. The Morgan fingerprint density at radius 3 is 2.73 bits per heavy atom. The summed E-state index contributed by atoms with van der Waals surface area (Å²) in [6, 6.07) is 12.4. The predicted octanol–water partition coefficient (Wildman–Crippen LogP) is 3.33. The quantitative estimate of drug-likeness (QED) is 0.472. The Morgan fingerprint density at radius 1 is 1.24 bits per heavy atom. The standard InChI is InChI=1S/C29H38FN3O4/c1-18-6-3-7-20(14-18)27-23(9-4-10-24(27)30)28(37-13-11-32-19(2)34)21-8-5-12-33(17-21)29(36)22-15-25(31)26(35)16-22/h3-4,6-7,9-10,14,21-22,25-26,28,35H,5,8,11-13,15-17,31H2,1-2H3,(H,32,34). The van der Waals surface area contributed by atoms with Crippen molar-refractivity contribution in [3.8, 4) is 11.1 Å². The van der Waals surface area contributed by atoms with E-state index in [1.807, 2.05) is 42.2 Å². The zero-order chi connectivity index (χ0) is 26.5. The number of aryl methyl sites for hydroxylation is 1. The summed E-state index contributed by atoms with van der Waals surface area (Å²) in [5.41, 5.74) is 9.02. The second kappa shape index (κ2) is 12.2. The number of hydrogen-bond acceptors (Lipinski definition) is 5. The van der Waals surface area contributed by atoms with E-state index in [9.17, 15) is 14.7 Å². The Balaban J connectivity index is 1.62. The largest absolute Gasteiger partial charge is 0.391 e. The van der Waals surface area contributed by atoms with Crippen molar-refractivity contribution in [2.24, 2.45) is 17.6 Å². The molecule has 0 radical (unpaired) electrons. The fraction of sp³-hybridized carbons (Fsp3) is 0.517. The normalized spacial score (nSPS) is 24.6. The second-order valence-electron chi connectivity index (χ2n) is 10.4. The van der Waals surface area contributed by atoms with Gasteiger partial charge in [0.2, 0.25) is 11.8 Å². The lowest BCUT2D eigenvalue weighted by molar-refractivity contribution is -0.139. The highest BCUT2D eigenvalue weighted by atomic mass is 19.1. The van der Waals surface area contributed by atoms with Crippen LogP contribution in [0.15, 0.2) is 42.5 Å². The van der Waals surface area contributed by atoms with Gasteiger partial charge in [-0.1, -0.05) is 42.0 Å². The molecule has 2 aromatic carbocycles. The van der Waals surface area contributed by atoms with Crippen LogP contribution in [0.1, 0.15) is 49.8 Å². The zero-order valence-electron chi connectivity index (χ0n) is 21.7. The van der Waals surface area contributed by atoms with Crippen LogP contribution in [0.4, 0.5) is 4.39 Å². The van der Waals surface area contributed by atoms with Crippen molar-refractivity contribution in [1.29, 1.82) is 0 Å². The van der Waals surface area contributed by atoms with Gasteiger partial charge in [0, 0.05) is 50.0 Å². The van der Waals surface area contributed by atoms with E-state index in [4.69, 9.17) is 10.5 Å². The van der Waals surface area contributed by atoms with E-state index in [0.717, 1.165) is 29.5 Å². The number of nitrogens with two attached hydrogens (primary N) is 1. The molecule has 5 unspecified atom stereocenters. The minimum atomic E-state index is -0.649. The Hall–Kier alpha value is -2.81. The van der Waals surface area contributed by atoms with Gasteiger partial charge in [-0.25, -0.2) is 4.39 Å². The van der Waals surface area contributed by atoms with Crippen molar-refractivity contribution in [1.82, 2.24) is 10.2 Å². The molecule has 4 N–H and O–H groups in total. The van der Waals surface area contributed by atoms with E-state index in [1.54, 1.807) is 6.07 Å². The summed E-state index contributed by atoms with van der Waals surface area (Å²) in [5, 5.41) is 12.8. The van der Waals surface area contributed by atoms with Crippen LogP contribution in [0.5, 0.6) is 0 Å². The van der Waals surface area contributed by atoms with E-state index in [1.165, 1.54) is 13.0 Å². The van der Waals surface area contributed by atoms with Gasteiger partial charge in [-0.15, -0.1) is 0 Å². The number of carbonyl (C=O) groups excluding carboxylic acids is 2. The Morgan fingerprint density at radius 2 is 2.03 bits per heavy atom. The van der Waals surface area contributed by atoms with Crippen molar-refractivity contribution in [2.75, 3.05) is 26.2 Å². The summed E-state index contributed by atoms with van der Waals surface area (Å²) in [4.78, 5) is 26.6. The number of nitrogens with zero attached hydrogens (tertiary/aromatic N) is 1. The lowest BCUT2D eigenvalue weighted by atomic mass is 9.84. The van der Waals surface area contributed by atoms with Gasteiger partial charge in [0.1, 0.15) is 5.82 Å². The summed E-state index contributed by atoms with van der Waals surface area (Å²) < 4.78 is 21.7. The van der Waals surface area contributed by atoms with Crippen molar-refractivity contribution < 1.29 is 23.8 Å². The van der Waals surface area contributed by atoms with Gasteiger partial charge in [-0.3, -0.25) is 9.59 Å². The van der Waals surface area contributed by atoms with Gasteiger partial charge in [0.15, 0.2) is 0 Å².